The molecule has 0 radical (unpaired) electrons. The molecule has 1 N–H and O–H groups in total. The van der Waals surface area contributed by atoms with Gasteiger partial charge < -0.3 is 10.2 Å². The molecule has 1 heterocycles. The lowest BCUT2D eigenvalue weighted by Gasteiger charge is -2.33. The molecule has 0 spiro atoms. The van der Waals surface area contributed by atoms with Gasteiger partial charge in [-0.3, -0.25) is 4.79 Å². The number of nitrogens with one attached hydrogen (secondary N) is 1. The van der Waals surface area contributed by atoms with Crippen LogP contribution in [0.3, 0.4) is 0 Å². The molecule has 2 rings (SSSR count). The van der Waals surface area contributed by atoms with Gasteiger partial charge in [-0.2, -0.15) is 4.31 Å². The van der Waals surface area contributed by atoms with Gasteiger partial charge in [0.15, 0.2) is 0 Å². The molecule has 6 nitrogen and oxygen atoms in total. The largest absolute Gasteiger partial charge is 0.350 e. The molecule has 134 valence electrons. The van der Waals surface area contributed by atoms with Crippen molar-refractivity contribution < 1.29 is 13.2 Å². The van der Waals surface area contributed by atoms with Crippen molar-refractivity contribution in [3.8, 4) is 0 Å². The Morgan fingerprint density at radius 2 is 1.88 bits per heavy atom. The molecule has 1 unspecified atom stereocenters. The maximum atomic E-state index is 12.8. The third-order valence-electron chi connectivity index (χ3n) is 4.50. The van der Waals surface area contributed by atoms with Crippen LogP contribution < -0.4 is 5.32 Å². The molecule has 0 aromatic heterocycles. The van der Waals surface area contributed by atoms with Crippen LogP contribution in [-0.4, -0.2) is 62.3 Å². The van der Waals surface area contributed by atoms with Crippen molar-refractivity contribution >= 4 is 15.9 Å². The fourth-order valence-corrected chi connectivity index (χ4v) is 4.11. The van der Waals surface area contributed by atoms with Gasteiger partial charge in [0, 0.05) is 37.8 Å². The number of carbonyl (C=O) groups excluding carboxylic acids is 1. The highest BCUT2D eigenvalue weighted by atomic mass is 32.2. The fraction of sp³-hybridized carbons (Fsp3) is 0.588. The van der Waals surface area contributed by atoms with E-state index in [2.05, 4.69) is 17.1 Å². The highest BCUT2D eigenvalue weighted by molar-refractivity contribution is 7.89. The van der Waals surface area contributed by atoms with Crippen LogP contribution in [0.1, 0.15) is 37.6 Å². The summed E-state index contributed by atoms with van der Waals surface area (Å²) in [5.74, 6) is -0.239. The van der Waals surface area contributed by atoms with Gasteiger partial charge in [-0.15, -0.1) is 0 Å². The Morgan fingerprint density at radius 3 is 2.46 bits per heavy atom. The first kappa shape index (κ1) is 18.9. The van der Waals surface area contributed by atoms with Crippen LogP contribution >= 0.6 is 0 Å². The molecule has 1 aromatic carbocycles. The molecule has 0 bridgehead atoms. The Hall–Kier alpha value is -1.44. The summed E-state index contributed by atoms with van der Waals surface area (Å²) in [7, 11) is -3.56. The minimum absolute atomic E-state index is 0.0554. The smallest absolute Gasteiger partial charge is 0.251 e. The molecule has 1 fully saturated rings. The monoisotopic (exact) mass is 353 g/mol. The van der Waals surface area contributed by atoms with E-state index in [1.54, 1.807) is 18.2 Å². The van der Waals surface area contributed by atoms with Crippen molar-refractivity contribution in [2.24, 2.45) is 0 Å². The van der Waals surface area contributed by atoms with Crippen LogP contribution in [0.5, 0.6) is 0 Å². The second-order valence-electron chi connectivity index (χ2n) is 6.15. The average Bonchev–Trinajstić information content (AvgIpc) is 2.61. The summed E-state index contributed by atoms with van der Waals surface area (Å²) in [5, 5.41) is 2.86. The number of hydrogen-bond donors (Lipinski definition) is 1. The Balaban J connectivity index is 2.16. The van der Waals surface area contributed by atoms with E-state index >= 15 is 0 Å². The first-order valence-corrected chi connectivity index (χ1v) is 9.96. The highest BCUT2D eigenvalue weighted by Gasteiger charge is 2.28. The van der Waals surface area contributed by atoms with E-state index in [9.17, 15) is 13.2 Å². The molecule has 7 heteroatoms. The first-order valence-electron chi connectivity index (χ1n) is 8.52. The topological polar surface area (TPSA) is 69.7 Å². The Bertz CT molecular complexity index is 667. The Labute approximate surface area is 144 Å². The van der Waals surface area contributed by atoms with Crippen LogP contribution in [0.4, 0.5) is 0 Å². The van der Waals surface area contributed by atoms with Crippen molar-refractivity contribution in [1.82, 2.24) is 14.5 Å². The number of amides is 1. The summed E-state index contributed by atoms with van der Waals surface area (Å²) >= 11 is 0. The number of sulfonamides is 1. The Kier molecular flexibility index (Phi) is 6.37. The van der Waals surface area contributed by atoms with E-state index in [1.807, 2.05) is 13.8 Å². The van der Waals surface area contributed by atoms with Gasteiger partial charge in [-0.1, -0.05) is 19.9 Å². The van der Waals surface area contributed by atoms with Gasteiger partial charge in [0.1, 0.15) is 0 Å². The number of nitrogens with zero attached hydrogens (tertiary/aromatic N) is 2. The van der Waals surface area contributed by atoms with Crippen LogP contribution in [0, 0.1) is 0 Å². The summed E-state index contributed by atoms with van der Waals surface area (Å²) in [6, 6.07) is 6.35. The molecule has 0 aliphatic carbocycles. The van der Waals surface area contributed by atoms with Gasteiger partial charge in [-0.05, 0) is 38.1 Å². The van der Waals surface area contributed by atoms with Crippen LogP contribution in [0.25, 0.3) is 0 Å². The second kappa shape index (κ2) is 8.09. The van der Waals surface area contributed by atoms with Crippen molar-refractivity contribution in [1.29, 1.82) is 0 Å². The van der Waals surface area contributed by atoms with Crippen molar-refractivity contribution in [2.75, 3.05) is 32.7 Å². The molecular weight excluding hydrogens is 326 g/mol. The normalized spacial score (nSPS) is 18.3. The molecule has 1 aliphatic rings. The summed E-state index contributed by atoms with van der Waals surface area (Å²) < 4.78 is 27.1. The number of hydrogen-bond acceptors (Lipinski definition) is 4. The molecule has 24 heavy (non-hydrogen) atoms. The van der Waals surface area contributed by atoms with E-state index < -0.39 is 10.0 Å². The van der Waals surface area contributed by atoms with Crippen LogP contribution in [0.2, 0.25) is 0 Å². The average molecular weight is 353 g/mol. The molecule has 0 saturated carbocycles. The third-order valence-corrected chi connectivity index (χ3v) is 6.40. The lowest BCUT2D eigenvalue weighted by Crippen LogP contribution is -2.48. The van der Waals surface area contributed by atoms with Crippen molar-refractivity contribution in [3.63, 3.8) is 0 Å². The number of likely N-dealkylation sites (N-methyl/N-ethyl adjacent to an activating group) is 1. The zero-order valence-electron chi connectivity index (χ0n) is 14.7. The highest BCUT2D eigenvalue weighted by Crippen LogP contribution is 2.19. The van der Waals surface area contributed by atoms with Gasteiger partial charge in [-0.25, -0.2) is 8.42 Å². The zero-order chi connectivity index (χ0) is 17.7. The number of benzene rings is 1. The molecule has 1 amide bonds. The molecule has 1 atom stereocenters. The fourth-order valence-electron chi connectivity index (χ4n) is 2.64. The van der Waals surface area contributed by atoms with Gasteiger partial charge in [0.05, 0.1) is 4.90 Å². The van der Waals surface area contributed by atoms with Gasteiger partial charge >= 0.3 is 0 Å². The van der Waals surface area contributed by atoms with E-state index in [0.29, 0.717) is 18.7 Å². The quantitative estimate of drug-likeness (QED) is 0.842. The number of piperazine rings is 1. The standard InChI is InChI=1S/C17H27N3O3S/c1-4-14(3)18-17(21)15-7-6-8-16(13-15)24(22,23)20-11-9-19(5-2)10-12-20/h6-8,13-14H,4-5,9-12H2,1-3H3,(H,18,21). The van der Waals surface area contributed by atoms with Crippen LogP contribution in [0.15, 0.2) is 29.2 Å². The maximum absolute atomic E-state index is 12.8. The SMILES string of the molecule is CCC(C)NC(=O)c1cccc(S(=O)(=O)N2CCN(CC)CC2)c1. The van der Waals surface area contributed by atoms with E-state index in [0.717, 1.165) is 26.1 Å². The van der Waals surface area contributed by atoms with E-state index in [4.69, 9.17) is 0 Å². The predicted molar refractivity (Wildman–Crippen MR) is 94.5 cm³/mol. The van der Waals surface area contributed by atoms with Crippen molar-refractivity contribution in [3.05, 3.63) is 29.8 Å². The summed E-state index contributed by atoms with van der Waals surface area (Å²) in [6.45, 7) is 9.36. The Morgan fingerprint density at radius 1 is 1.21 bits per heavy atom. The molecule has 1 aromatic rings. The second-order valence-corrected chi connectivity index (χ2v) is 8.09. The molecular formula is C17H27N3O3S. The molecule has 1 saturated heterocycles. The first-order chi connectivity index (χ1) is 11.4. The van der Waals surface area contributed by atoms with Crippen molar-refractivity contribution in [2.45, 2.75) is 38.1 Å². The lowest BCUT2D eigenvalue weighted by molar-refractivity contribution is 0.0939. The number of carbonyl (C=O) groups is 1. The predicted octanol–water partition coefficient (Wildman–Crippen LogP) is 1.54. The van der Waals surface area contributed by atoms with E-state index in [-0.39, 0.29) is 16.8 Å². The molecule has 1 aliphatic heterocycles. The minimum Gasteiger partial charge on any atom is -0.350 e. The van der Waals surface area contributed by atoms with Crippen LogP contribution in [-0.2, 0) is 10.0 Å². The summed E-state index contributed by atoms with van der Waals surface area (Å²) in [6.07, 6.45) is 0.825. The number of rotatable bonds is 6. The summed E-state index contributed by atoms with van der Waals surface area (Å²) in [5.41, 5.74) is 0.378. The zero-order valence-corrected chi connectivity index (χ0v) is 15.5. The lowest BCUT2D eigenvalue weighted by atomic mass is 10.2. The summed E-state index contributed by atoms with van der Waals surface area (Å²) in [4.78, 5) is 14.6. The third kappa shape index (κ3) is 4.34. The van der Waals surface area contributed by atoms with Gasteiger partial charge in [0.25, 0.3) is 5.91 Å². The maximum Gasteiger partial charge on any atom is 0.251 e. The minimum atomic E-state index is -3.56. The van der Waals surface area contributed by atoms with Gasteiger partial charge in [0.2, 0.25) is 10.0 Å². The van der Waals surface area contributed by atoms with E-state index in [1.165, 1.54) is 10.4 Å².